The zero-order chi connectivity index (χ0) is 26.9. The van der Waals surface area contributed by atoms with E-state index >= 15 is 0 Å². The average molecular weight is 543 g/mol. The molecule has 0 atom stereocenters. The fraction of sp³-hybridized carbons (Fsp3) is 0.0938. The predicted octanol–water partition coefficient (Wildman–Crippen LogP) is 6.88. The van der Waals surface area contributed by atoms with Crippen LogP contribution >= 0.6 is 11.3 Å². The van der Waals surface area contributed by atoms with Crippen molar-refractivity contribution in [3.8, 4) is 33.8 Å². The Morgan fingerprint density at radius 1 is 1.00 bits per heavy atom. The van der Waals surface area contributed by atoms with E-state index in [-0.39, 0.29) is 5.13 Å². The Kier molecular flexibility index (Phi) is 6.28. The monoisotopic (exact) mass is 542 g/mol. The summed E-state index contributed by atoms with van der Waals surface area (Å²) in [5.74, 6) is 7.16. The summed E-state index contributed by atoms with van der Waals surface area (Å²) in [7, 11) is 0. The lowest BCUT2D eigenvalue weighted by Gasteiger charge is -2.06. The number of hydrogen-bond acceptors (Lipinski definition) is 5. The molecule has 0 saturated heterocycles. The fourth-order valence-corrected chi connectivity index (χ4v) is 5.63. The van der Waals surface area contributed by atoms with Crippen LogP contribution in [0.4, 0.5) is 4.39 Å². The number of aromatic nitrogens is 5. The van der Waals surface area contributed by atoms with Crippen LogP contribution in [-0.2, 0) is 6.54 Å². The second-order valence-corrected chi connectivity index (χ2v) is 10.5. The third kappa shape index (κ3) is 4.73. The minimum Gasteiger partial charge on any atom is -0.337 e. The van der Waals surface area contributed by atoms with E-state index in [4.69, 9.17) is 9.97 Å². The molecule has 0 fully saturated rings. The third-order valence-electron chi connectivity index (χ3n) is 6.81. The van der Waals surface area contributed by atoms with Gasteiger partial charge in [0, 0.05) is 40.9 Å². The third-order valence-corrected chi connectivity index (χ3v) is 7.72. The van der Waals surface area contributed by atoms with Crippen molar-refractivity contribution < 1.29 is 4.39 Å². The number of nitrogens with zero attached hydrogens (tertiary/aromatic N) is 3. The number of imidazole rings is 1. The highest BCUT2D eigenvalue weighted by Crippen LogP contribution is 2.35. The predicted molar refractivity (Wildman–Crippen MR) is 159 cm³/mol. The molecule has 7 rings (SSSR count). The molecule has 0 aliphatic heterocycles. The van der Waals surface area contributed by atoms with Crippen molar-refractivity contribution in [2.45, 2.75) is 13.0 Å². The van der Waals surface area contributed by atoms with Crippen molar-refractivity contribution >= 4 is 38.8 Å². The Balaban J connectivity index is 1.20. The zero-order valence-electron chi connectivity index (χ0n) is 21.3. The summed E-state index contributed by atoms with van der Waals surface area (Å²) < 4.78 is 13.7. The van der Waals surface area contributed by atoms with Gasteiger partial charge in [0.25, 0.3) is 0 Å². The summed E-state index contributed by atoms with van der Waals surface area (Å²) in [6.45, 7) is 1.45. The molecule has 1 aliphatic carbocycles. The van der Waals surface area contributed by atoms with Gasteiger partial charge >= 0.3 is 0 Å². The van der Waals surface area contributed by atoms with Gasteiger partial charge in [-0.15, -0.1) is 11.3 Å². The summed E-state index contributed by atoms with van der Waals surface area (Å²) in [4.78, 5) is 13.8. The summed E-state index contributed by atoms with van der Waals surface area (Å²) in [5, 5.41) is 11.8. The normalized spacial score (nSPS) is 13.1. The Labute approximate surface area is 233 Å². The molecule has 4 heterocycles. The van der Waals surface area contributed by atoms with Crippen molar-refractivity contribution in [1.82, 2.24) is 30.5 Å². The van der Waals surface area contributed by atoms with E-state index in [9.17, 15) is 4.39 Å². The van der Waals surface area contributed by atoms with E-state index in [0.717, 1.165) is 67.1 Å². The first-order valence-corrected chi connectivity index (χ1v) is 13.8. The Morgan fingerprint density at radius 2 is 1.93 bits per heavy atom. The molecule has 4 aromatic heterocycles. The number of fused-ring (bicyclic) bond motifs is 2. The van der Waals surface area contributed by atoms with Crippen molar-refractivity contribution in [2.75, 3.05) is 6.54 Å². The molecular weight excluding hydrogens is 519 g/mol. The van der Waals surface area contributed by atoms with Crippen LogP contribution in [0.1, 0.15) is 17.7 Å². The van der Waals surface area contributed by atoms with Gasteiger partial charge in [0.05, 0.1) is 28.4 Å². The van der Waals surface area contributed by atoms with Crippen LogP contribution < -0.4 is 5.32 Å². The molecular formula is C32H23FN6S. The Bertz CT molecular complexity index is 1980. The van der Waals surface area contributed by atoms with Crippen molar-refractivity contribution in [1.29, 1.82) is 0 Å². The number of para-hydroxylation sites is 1. The maximum Gasteiger partial charge on any atom is 0.176 e. The van der Waals surface area contributed by atoms with Crippen LogP contribution in [-0.4, -0.2) is 31.7 Å². The molecule has 0 unspecified atom stereocenters. The number of benzene rings is 2. The van der Waals surface area contributed by atoms with Gasteiger partial charge in [0.1, 0.15) is 5.69 Å². The highest BCUT2D eigenvalue weighted by Gasteiger charge is 2.17. The Morgan fingerprint density at radius 3 is 2.80 bits per heavy atom. The number of rotatable bonds is 7. The largest absolute Gasteiger partial charge is 0.337 e. The number of halogens is 1. The maximum absolute atomic E-state index is 13.7. The zero-order valence-corrected chi connectivity index (χ0v) is 22.1. The first-order valence-electron chi connectivity index (χ1n) is 12.9. The summed E-state index contributed by atoms with van der Waals surface area (Å²) in [6, 6.07) is 21.5. The fourth-order valence-electron chi connectivity index (χ4n) is 4.88. The number of nitrogens with one attached hydrogen (secondary N) is 3. The van der Waals surface area contributed by atoms with Gasteiger partial charge < -0.3 is 10.3 Å². The number of thiophene rings is 1. The second kappa shape index (κ2) is 10.4. The van der Waals surface area contributed by atoms with Gasteiger partial charge in [0.2, 0.25) is 0 Å². The van der Waals surface area contributed by atoms with Gasteiger partial charge in [-0.3, -0.25) is 10.1 Å². The van der Waals surface area contributed by atoms with Crippen LogP contribution in [0.2, 0.25) is 0 Å². The number of H-pyrrole nitrogens is 2. The molecule has 40 heavy (non-hydrogen) atoms. The molecule has 0 saturated carbocycles. The topological polar surface area (TPSA) is 82.3 Å². The van der Waals surface area contributed by atoms with Crippen LogP contribution in [0.3, 0.4) is 0 Å². The molecule has 0 spiro atoms. The maximum atomic E-state index is 13.7. The minimum atomic E-state index is -0.219. The minimum absolute atomic E-state index is 0.219. The molecule has 3 N–H and O–H groups in total. The highest BCUT2D eigenvalue weighted by molar-refractivity contribution is 7.14. The van der Waals surface area contributed by atoms with E-state index < -0.39 is 0 Å². The quantitative estimate of drug-likeness (QED) is 0.192. The second-order valence-electron chi connectivity index (χ2n) is 9.50. The van der Waals surface area contributed by atoms with Gasteiger partial charge in [-0.2, -0.15) is 9.49 Å². The van der Waals surface area contributed by atoms with Gasteiger partial charge in [0.15, 0.2) is 11.0 Å². The van der Waals surface area contributed by atoms with Crippen LogP contribution in [0.5, 0.6) is 0 Å². The van der Waals surface area contributed by atoms with Crippen molar-refractivity contribution in [3.05, 3.63) is 107 Å². The molecule has 6 nitrogen and oxygen atoms in total. The van der Waals surface area contributed by atoms with E-state index in [1.165, 1.54) is 11.6 Å². The lowest BCUT2D eigenvalue weighted by Crippen LogP contribution is -2.16. The number of pyridine rings is 1. The molecule has 0 bridgehead atoms. The van der Waals surface area contributed by atoms with Crippen LogP contribution in [0.15, 0.2) is 90.7 Å². The Hall–Kier alpha value is -4.84. The number of allylic oxidation sites excluding steroid dienone is 3. The summed E-state index contributed by atoms with van der Waals surface area (Å²) >= 11 is 1.11. The highest BCUT2D eigenvalue weighted by atomic mass is 32.1. The standard InChI is InChI=1S/C32H23FN6S/c33-29-14-13-28(40-29)23-11-6-12-25-30(23)37-32(36-25)31-24-16-26(35-19-27(24)38-39-31)22-10-5-4-9-21(15-22)18-34-17-20-7-2-1-3-8-20/h1-3,6-8,10-16,19,34H,5,17-18H2,(H,36,37)(H,38,39). The number of hydrogen-bond donors (Lipinski definition) is 3. The smallest absolute Gasteiger partial charge is 0.176 e. The van der Waals surface area contributed by atoms with E-state index in [2.05, 4.69) is 56.6 Å². The van der Waals surface area contributed by atoms with E-state index in [1.807, 2.05) is 42.5 Å². The average Bonchev–Trinajstić information content (AvgIpc) is 3.68. The summed E-state index contributed by atoms with van der Waals surface area (Å²) in [5.41, 5.74) is 8.16. The van der Waals surface area contributed by atoms with Crippen molar-refractivity contribution in [2.24, 2.45) is 0 Å². The number of aromatic amines is 2. The molecule has 0 amide bonds. The molecule has 1 aliphatic rings. The molecule has 2 aromatic carbocycles. The first kappa shape index (κ1) is 24.2. The van der Waals surface area contributed by atoms with Gasteiger partial charge in [-0.1, -0.05) is 60.4 Å². The summed E-state index contributed by atoms with van der Waals surface area (Å²) in [6.07, 6.45) is 6.68. The van der Waals surface area contributed by atoms with E-state index in [1.54, 1.807) is 12.3 Å². The SMILES string of the molecule is Fc1ccc(-c2cccc3[nH]c(-c4n[nH]c5cnc(C6=CCC#CC(CNCc7ccccc7)=C6)cc45)nc23)s1. The lowest BCUT2D eigenvalue weighted by atomic mass is 10.1. The van der Waals surface area contributed by atoms with Gasteiger partial charge in [-0.05, 0) is 41.5 Å². The van der Waals surface area contributed by atoms with Crippen LogP contribution in [0, 0.1) is 17.0 Å². The van der Waals surface area contributed by atoms with E-state index in [0.29, 0.717) is 24.5 Å². The first-order chi connectivity index (χ1) is 19.7. The lowest BCUT2D eigenvalue weighted by molar-refractivity contribution is 0.657. The van der Waals surface area contributed by atoms with Gasteiger partial charge in [-0.25, -0.2) is 4.98 Å². The molecule has 8 heteroatoms. The molecule has 6 aromatic rings. The molecule has 194 valence electrons. The van der Waals surface area contributed by atoms with Crippen molar-refractivity contribution in [3.63, 3.8) is 0 Å². The van der Waals surface area contributed by atoms with Crippen LogP contribution in [0.25, 0.3) is 49.5 Å². The molecule has 0 radical (unpaired) electrons.